The van der Waals surface area contributed by atoms with Crippen molar-refractivity contribution in [1.82, 2.24) is 4.90 Å². The fraction of sp³-hybridized carbons (Fsp3) is 0.370. The van der Waals surface area contributed by atoms with E-state index in [1.165, 1.54) is 0 Å². The van der Waals surface area contributed by atoms with Crippen LogP contribution >= 0.6 is 11.6 Å². The van der Waals surface area contributed by atoms with Gasteiger partial charge in [-0.25, -0.2) is 4.79 Å². The summed E-state index contributed by atoms with van der Waals surface area (Å²) in [6.07, 6.45) is 1.07. The van der Waals surface area contributed by atoms with Gasteiger partial charge in [0.05, 0.1) is 6.61 Å². The number of nitrogens with zero attached hydrogens (tertiary/aromatic N) is 1. The number of rotatable bonds is 10. The maximum absolute atomic E-state index is 13.2. The first-order valence-electron chi connectivity index (χ1n) is 11.2. The second-order valence-electron chi connectivity index (χ2n) is 8.15. The molecule has 0 aliphatic rings. The van der Waals surface area contributed by atoms with Gasteiger partial charge >= 0.3 is 5.97 Å². The molecule has 0 radical (unpaired) electrons. The van der Waals surface area contributed by atoms with Gasteiger partial charge in [-0.1, -0.05) is 61.3 Å². The Morgan fingerprint density at radius 3 is 2.44 bits per heavy atom. The minimum atomic E-state index is -0.799. The van der Waals surface area contributed by atoms with Crippen molar-refractivity contribution in [3.05, 3.63) is 70.7 Å². The fourth-order valence-corrected chi connectivity index (χ4v) is 4.08. The minimum absolute atomic E-state index is 0.305. The van der Waals surface area contributed by atoms with E-state index in [4.69, 9.17) is 21.1 Å². The molecule has 0 spiro atoms. The van der Waals surface area contributed by atoms with Crippen LogP contribution in [-0.2, 0) is 20.8 Å². The van der Waals surface area contributed by atoms with E-state index >= 15 is 0 Å². The Balaban J connectivity index is 2.33. The molecule has 0 aliphatic heterocycles. The van der Waals surface area contributed by atoms with Crippen LogP contribution in [0.2, 0.25) is 5.02 Å². The Labute approximate surface area is 196 Å². The van der Waals surface area contributed by atoms with Gasteiger partial charge in [-0.15, -0.1) is 0 Å². The molecule has 4 nitrogen and oxygen atoms in total. The number of halogens is 1. The summed E-state index contributed by atoms with van der Waals surface area (Å²) >= 11 is 6.19. The molecular weight excluding hydrogens is 422 g/mol. The van der Waals surface area contributed by atoms with Crippen molar-refractivity contribution in [1.29, 1.82) is 0 Å². The smallest absolute Gasteiger partial charge is 0.339 e. The van der Waals surface area contributed by atoms with E-state index in [-0.39, 0.29) is 5.97 Å². The van der Waals surface area contributed by atoms with Crippen LogP contribution in [0.1, 0.15) is 43.9 Å². The SMILES string of the molecule is CCCCO[C@H](C(=O)OCC)c1c(CN(C)C)cc2ccccc2c1-c1ccc(Cl)cc1. The van der Waals surface area contributed by atoms with Crippen LogP contribution in [0.5, 0.6) is 0 Å². The van der Waals surface area contributed by atoms with E-state index in [0.717, 1.165) is 45.9 Å². The number of carbonyl (C=O) groups excluding carboxylic acids is 1. The summed E-state index contributed by atoms with van der Waals surface area (Å²) in [5.74, 6) is -0.353. The van der Waals surface area contributed by atoms with Gasteiger partial charge in [0, 0.05) is 23.7 Å². The zero-order valence-electron chi connectivity index (χ0n) is 19.4. The highest BCUT2D eigenvalue weighted by molar-refractivity contribution is 6.30. The summed E-state index contributed by atoms with van der Waals surface area (Å²) < 4.78 is 11.7. The van der Waals surface area contributed by atoms with Crippen LogP contribution < -0.4 is 0 Å². The Kier molecular flexibility index (Phi) is 8.68. The number of fused-ring (bicyclic) bond motifs is 1. The predicted molar refractivity (Wildman–Crippen MR) is 132 cm³/mol. The summed E-state index contributed by atoms with van der Waals surface area (Å²) in [6, 6.07) is 18.2. The van der Waals surface area contributed by atoms with Gasteiger partial charge < -0.3 is 14.4 Å². The van der Waals surface area contributed by atoms with Gasteiger partial charge in [-0.2, -0.15) is 0 Å². The van der Waals surface area contributed by atoms with Crippen molar-refractivity contribution in [2.75, 3.05) is 27.3 Å². The van der Waals surface area contributed by atoms with E-state index in [1.807, 2.05) is 57.4 Å². The molecule has 0 saturated carbocycles. The van der Waals surface area contributed by atoms with E-state index < -0.39 is 6.10 Å². The molecule has 0 N–H and O–H groups in total. The molecule has 0 bridgehead atoms. The van der Waals surface area contributed by atoms with Crippen molar-refractivity contribution < 1.29 is 14.3 Å². The highest BCUT2D eigenvalue weighted by atomic mass is 35.5. The minimum Gasteiger partial charge on any atom is -0.464 e. The number of benzene rings is 3. The molecule has 5 heteroatoms. The Hall–Kier alpha value is -2.40. The molecule has 1 atom stereocenters. The topological polar surface area (TPSA) is 38.8 Å². The monoisotopic (exact) mass is 453 g/mol. The summed E-state index contributed by atoms with van der Waals surface area (Å²) in [7, 11) is 4.05. The molecule has 0 heterocycles. The van der Waals surface area contributed by atoms with E-state index in [9.17, 15) is 4.79 Å². The summed E-state index contributed by atoms with van der Waals surface area (Å²) in [5, 5.41) is 2.86. The molecule has 32 heavy (non-hydrogen) atoms. The van der Waals surface area contributed by atoms with Gasteiger partial charge in [0.1, 0.15) is 0 Å². The second-order valence-corrected chi connectivity index (χ2v) is 8.58. The number of hydrogen-bond donors (Lipinski definition) is 0. The van der Waals surface area contributed by atoms with Crippen LogP contribution in [-0.4, -0.2) is 38.2 Å². The highest BCUT2D eigenvalue weighted by Gasteiger charge is 2.30. The van der Waals surface area contributed by atoms with Gasteiger partial charge in [0.25, 0.3) is 0 Å². The lowest BCUT2D eigenvalue weighted by Crippen LogP contribution is -2.23. The fourth-order valence-electron chi connectivity index (χ4n) is 3.95. The van der Waals surface area contributed by atoms with Crippen molar-refractivity contribution in [2.45, 2.75) is 39.3 Å². The van der Waals surface area contributed by atoms with E-state index in [0.29, 0.717) is 24.8 Å². The van der Waals surface area contributed by atoms with Crippen LogP contribution in [0.4, 0.5) is 0 Å². The van der Waals surface area contributed by atoms with Crippen molar-refractivity contribution >= 4 is 28.3 Å². The lowest BCUT2D eigenvalue weighted by Gasteiger charge is -2.26. The summed E-state index contributed by atoms with van der Waals surface area (Å²) in [5.41, 5.74) is 3.91. The average molecular weight is 454 g/mol. The van der Waals surface area contributed by atoms with Crippen LogP contribution in [0, 0.1) is 0 Å². The molecule has 170 valence electrons. The highest BCUT2D eigenvalue weighted by Crippen LogP contribution is 2.40. The quantitative estimate of drug-likeness (QED) is 0.254. The van der Waals surface area contributed by atoms with Gasteiger partial charge in [-0.3, -0.25) is 0 Å². The third-order valence-electron chi connectivity index (χ3n) is 5.34. The number of esters is 1. The Morgan fingerprint density at radius 1 is 1.06 bits per heavy atom. The number of ether oxygens (including phenoxy) is 2. The Morgan fingerprint density at radius 2 is 1.78 bits per heavy atom. The maximum atomic E-state index is 13.2. The van der Waals surface area contributed by atoms with E-state index in [1.54, 1.807) is 0 Å². The van der Waals surface area contributed by atoms with Gasteiger partial charge in [-0.05, 0) is 73.1 Å². The largest absolute Gasteiger partial charge is 0.464 e. The lowest BCUT2D eigenvalue weighted by molar-refractivity contribution is -0.157. The van der Waals surface area contributed by atoms with Crippen LogP contribution in [0.15, 0.2) is 54.6 Å². The number of carbonyl (C=O) groups is 1. The predicted octanol–water partition coefficient (Wildman–Crippen LogP) is 6.64. The van der Waals surface area contributed by atoms with Crippen LogP contribution in [0.25, 0.3) is 21.9 Å². The molecule has 0 aliphatic carbocycles. The standard InChI is InChI=1S/C27H32ClNO3/c1-5-7-16-32-26(27(30)31-6-2)25-21(18-29(3)4)17-20-10-8-9-11-23(20)24(25)19-12-14-22(28)15-13-19/h8-15,17,26H,5-7,16,18H2,1-4H3/t26-/m0/s1. The summed E-state index contributed by atoms with van der Waals surface area (Å²) in [4.78, 5) is 15.3. The number of unbranched alkanes of at least 4 members (excludes halogenated alkanes) is 1. The molecule has 0 unspecified atom stereocenters. The Bertz CT molecular complexity index is 1050. The lowest BCUT2D eigenvalue weighted by atomic mass is 9.86. The van der Waals surface area contributed by atoms with Crippen molar-refractivity contribution in [2.24, 2.45) is 0 Å². The third-order valence-corrected chi connectivity index (χ3v) is 5.59. The van der Waals surface area contributed by atoms with E-state index in [2.05, 4.69) is 30.0 Å². The first kappa shape index (κ1) is 24.2. The van der Waals surface area contributed by atoms with Crippen LogP contribution in [0.3, 0.4) is 0 Å². The maximum Gasteiger partial charge on any atom is 0.339 e. The van der Waals surface area contributed by atoms with Crippen molar-refractivity contribution in [3.63, 3.8) is 0 Å². The first-order valence-corrected chi connectivity index (χ1v) is 11.6. The zero-order chi connectivity index (χ0) is 23.1. The summed E-state index contributed by atoms with van der Waals surface area (Å²) in [6.45, 7) is 5.40. The zero-order valence-corrected chi connectivity index (χ0v) is 20.1. The molecule has 0 fully saturated rings. The molecule has 0 saturated heterocycles. The molecule has 3 aromatic carbocycles. The normalized spacial score (nSPS) is 12.3. The second kappa shape index (κ2) is 11.5. The molecular formula is C27H32ClNO3. The molecule has 3 aromatic rings. The van der Waals surface area contributed by atoms with Gasteiger partial charge in [0.15, 0.2) is 6.10 Å². The van der Waals surface area contributed by atoms with Gasteiger partial charge in [0.2, 0.25) is 0 Å². The average Bonchev–Trinajstić information content (AvgIpc) is 2.77. The molecule has 0 aromatic heterocycles. The van der Waals surface area contributed by atoms with Crippen molar-refractivity contribution in [3.8, 4) is 11.1 Å². The number of hydrogen-bond acceptors (Lipinski definition) is 4. The molecule has 3 rings (SSSR count). The first-order chi connectivity index (χ1) is 15.5. The molecule has 0 amide bonds. The third kappa shape index (κ3) is 5.69.